The van der Waals surface area contributed by atoms with Crippen LogP contribution in [0.4, 0.5) is 11.4 Å². The highest BCUT2D eigenvalue weighted by molar-refractivity contribution is 6.33. The highest BCUT2D eigenvalue weighted by Crippen LogP contribution is 2.29. The summed E-state index contributed by atoms with van der Waals surface area (Å²) >= 11 is 5.88. The third kappa shape index (κ3) is 3.37. The molecule has 18 heavy (non-hydrogen) atoms. The van der Waals surface area contributed by atoms with E-state index in [1.54, 1.807) is 0 Å². The Morgan fingerprint density at radius 2 is 2.28 bits per heavy atom. The van der Waals surface area contributed by atoms with E-state index in [2.05, 4.69) is 5.92 Å². The standard InChI is InChI=1S/C11H9ClN2O4/c1-2-5-13(7-11(15)16)10-4-3-8(14(17)18)6-9(10)12/h1,3-4,6H,5,7H2,(H,15,16). The van der Waals surface area contributed by atoms with E-state index >= 15 is 0 Å². The minimum atomic E-state index is -1.07. The van der Waals surface area contributed by atoms with Crippen LogP contribution in [0.5, 0.6) is 0 Å². The minimum absolute atomic E-state index is 0.0455. The molecule has 94 valence electrons. The maximum Gasteiger partial charge on any atom is 0.323 e. The van der Waals surface area contributed by atoms with Gasteiger partial charge in [0.25, 0.3) is 5.69 Å². The first kappa shape index (κ1) is 13.8. The number of non-ortho nitro benzene ring substituents is 1. The number of carbonyl (C=O) groups is 1. The molecule has 0 bridgehead atoms. The Hall–Kier alpha value is -2.26. The lowest BCUT2D eigenvalue weighted by Crippen LogP contribution is -2.30. The van der Waals surface area contributed by atoms with Crippen LogP contribution in [0.15, 0.2) is 18.2 Å². The van der Waals surface area contributed by atoms with Crippen LogP contribution in [-0.2, 0) is 4.79 Å². The van der Waals surface area contributed by atoms with Gasteiger partial charge in [0, 0.05) is 12.1 Å². The van der Waals surface area contributed by atoms with Crippen molar-refractivity contribution in [2.75, 3.05) is 18.0 Å². The average molecular weight is 269 g/mol. The molecule has 1 rings (SSSR count). The molecule has 0 aliphatic carbocycles. The number of hydrogen-bond acceptors (Lipinski definition) is 4. The molecule has 1 aromatic rings. The molecular weight excluding hydrogens is 260 g/mol. The summed E-state index contributed by atoms with van der Waals surface area (Å²) in [6.45, 7) is -0.286. The second-order valence-corrected chi connectivity index (χ2v) is 3.75. The first-order valence-electron chi connectivity index (χ1n) is 4.80. The SMILES string of the molecule is C#CCN(CC(=O)O)c1ccc([N+](=O)[O-])cc1Cl. The lowest BCUT2D eigenvalue weighted by atomic mass is 10.2. The Balaban J connectivity index is 3.09. The van der Waals surface area contributed by atoms with Crippen molar-refractivity contribution in [3.8, 4) is 12.3 Å². The van der Waals surface area contributed by atoms with Gasteiger partial charge < -0.3 is 10.0 Å². The number of terminal acetylenes is 1. The average Bonchev–Trinajstić information content (AvgIpc) is 2.27. The van der Waals surface area contributed by atoms with Crippen molar-refractivity contribution < 1.29 is 14.8 Å². The number of halogens is 1. The van der Waals surface area contributed by atoms with Crippen molar-refractivity contribution >= 4 is 28.9 Å². The molecule has 1 N–H and O–H groups in total. The van der Waals surface area contributed by atoms with Crippen LogP contribution < -0.4 is 4.90 Å². The molecule has 0 amide bonds. The fraction of sp³-hybridized carbons (Fsp3) is 0.182. The zero-order chi connectivity index (χ0) is 13.7. The highest BCUT2D eigenvalue weighted by Gasteiger charge is 2.16. The van der Waals surface area contributed by atoms with E-state index in [0.717, 1.165) is 6.07 Å². The van der Waals surface area contributed by atoms with Gasteiger partial charge in [-0.1, -0.05) is 17.5 Å². The normalized spacial score (nSPS) is 9.56. The number of benzene rings is 1. The summed E-state index contributed by atoms with van der Waals surface area (Å²) in [5.41, 5.74) is 0.183. The lowest BCUT2D eigenvalue weighted by Gasteiger charge is -2.21. The monoisotopic (exact) mass is 268 g/mol. The van der Waals surface area contributed by atoms with Gasteiger partial charge in [0.2, 0.25) is 0 Å². The smallest absolute Gasteiger partial charge is 0.323 e. The van der Waals surface area contributed by atoms with Gasteiger partial charge in [-0.3, -0.25) is 14.9 Å². The summed E-state index contributed by atoms with van der Waals surface area (Å²) < 4.78 is 0. The van der Waals surface area contributed by atoms with Crippen LogP contribution in [0.25, 0.3) is 0 Å². The second kappa shape index (κ2) is 5.89. The minimum Gasteiger partial charge on any atom is -0.480 e. The van der Waals surface area contributed by atoms with Crippen molar-refractivity contribution in [2.24, 2.45) is 0 Å². The van der Waals surface area contributed by atoms with E-state index in [1.807, 2.05) is 0 Å². The molecular formula is C11H9ClN2O4. The van der Waals surface area contributed by atoms with E-state index in [0.29, 0.717) is 5.69 Å². The molecule has 0 aromatic heterocycles. The molecule has 7 heteroatoms. The largest absolute Gasteiger partial charge is 0.480 e. The van der Waals surface area contributed by atoms with Crippen molar-refractivity contribution in [3.05, 3.63) is 33.3 Å². The zero-order valence-electron chi connectivity index (χ0n) is 9.17. The van der Waals surface area contributed by atoms with Gasteiger partial charge in [-0.25, -0.2) is 0 Å². The van der Waals surface area contributed by atoms with Gasteiger partial charge in [-0.05, 0) is 6.07 Å². The van der Waals surface area contributed by atoms with E-state index in [9.17, 15) is 14.9 Å². The Bertz CT molecular complexity index is 524. The van der Waals surface area contributed by atoms with Crippen molar-refractivity contribution in [3.63, 3.8) is 0 Å². The number of nitrogens with zero attached hydrogens (tertiary/aromatic N) is 2. The van der Waals surface area contributed by atoms with Gasteiger partial charge in [0.1, 0.15) is 6.54 Å². The third-order valence-electron chi connectivity index (χ3n) is 2.09. The van der Waals surface area contributed by atoms with Gasteiger partial charge in [-0.15, -0.1) is 6.42 Å². The second-order valence-electron chi connectivity index (χ2n) is 3.35. The predicted octanol–water partition coefficient (Wildman–Crippen LogP) is 1.77. The Morgan fingerprint density at radius 1 is 1.61 bits per heavy atom. The number of anilines is 1. The third-order valence-corrected chi connectivity index (χ3v) is 2.39. The van der Waals surface area contributed by atoms with Crippen LogP contribution in [-0.4, -0.2) is 29.1 Å². The van der Waals surface area contributed by atoms with E-state index < -0.39 is 10.9 Å². The Labute approximate surface area is 108 Å². The van der Waals surface area contributed by atoms with Crippen molar-refractivity contribution in [2.45, 2.75) is 0 Å². The molecule has 0 aliphatic heterocycles. The first-order valence-corrected chi connectivity index (χ1v) is 5.17. The van der Waals surface area contributed by atoms with E-state index in [-0.39, 0.29) is 23.8 Å². The Morgan fingerprint density at radius 3 is 2.72 bits per heavy atom. The highest BCUT2D eigenvalue weighted by atomic mass is 35.5. The fourth-order valence-corrected chi connectivity index (χ4v) is 1.66. The summed E-state index contributed by atoms with van der Waals surface area (Å²) in [4.78, 5) is 22.0. The number of rotatable bonds is 5. The summed E-state index contributed by atoms with van der Waals surface area (Å²) in [5.74, 6) is 1.24. The van der Waals surface area contributed by atoms with Crippen LogP contribution in [0.1, 0.15) is 0 Å². The van der Waals surface area contributed by atoms with Crippen molar-refractivity contribution in [1.82, 2.24) is 0 Å². The summed E-state index contributed by atoms with van der Waals surface area (Å²) in [5, 5.41) is 19.4. The number of nitro groups is 1. The number of aliphatic carboxylic acids is 1. The summed E-state index contributed by atoms with van der Waals surface area (Å²) in [6.07, 6.45) is 5.13. The zero-order valence-corrected chi connectivity index (χ0v) is 9.92. The van der Waals surface area contributed by atoms with Crippen LogP contribution >= 0.6 is 11.6 Å². The number of carboxylic acid groups (broad SMARTS) is 1. The molecule has 0 unspecified atom stereocenters. The van der Waals surface area contributed by atoms with E-state index in [4.69, 9.17) is 23.1 Å². The number of carboxylic acids is 1. The topological polar surface area (TPSA) is 83.7 Å². The molecule has 6 nitrogen and oxygen atoms in total. The summed E-state index contributed by atoms with van der Waals surface area (Å²) in [6, 6.07) is 3.77. The maximum atomic E-state index is 10.7. The lowest BCUT2D eigenvalue weighted by molar-refractivity contribution is -0.384. The molecule has 0 heterocycles. The predicted molar refractivity (Wildman–Crippen MR) is 66.8 cm³/mol. The van der Waals surface area contributed by atoms with Crippen molar-refractivity contribution in [1.29, 1.82) is 0 Å². The molecule has 0 saturated carbocycles. The molecule has 1 aromatic carbocycles. The summed E-state index contributed by atoms with van der Waals surface area (Å²) in [7, 11) is 0. The maximum absolute atomic E-state index is 10.7. The fourth-order valence-electron chi connectivity index (χ4n) is 1.37. The molecule has 0 radical (unpaired) electrons. The Kier molecular flexibility index (Phi) is 4.52. The van der Waals surface area contributed by atoms with Crippen LogP contribution in [0.2, 0.25) is 5.02 Å². The molecule has 0 saturated heterocycles. The van der Waals surface area contributed by atoms with Gasteiger partial charge >= 0.3 is 5.97 Å². The van der Waals surface area contributed by atoms with Gasteiger partial charge in [0.15, 0.2) is 0 Å². The molecule has 0 atom stereocenters. The molecule has 0 spiro atoms. The quantitative estimate of drug-likeness (QED) is 0.500. The number of hydrogen-bond donors (Lipinski definition) is 1. The molecule has 0 fully saturated rings. The first-order chi connectivity index (χ1) is 8.45. The van der Waals surface area contributed by atoms with Crippen LogP contribution in [0.3, 0.4) is 0 Å². The van der Waals surface area contributed by atoms with Crippen LogP contribution in [0, 0.1) is 22.5 Å². The number of nitro benzene ring substituents is 1. The van der Waals surface area contributed by atoms with Gasteiger partial charge in [-0.2, -0.15) is 0 Å². The van der Waals surface area contributed by atoms with Gasteiger partial charge in [0.05, 0.1) is 22.2 Å². The van der Waals surface area contributed by atoms with E-state index in [1.165, 1.54) is 17.0 Å². The molecule has 0 aliphatic rings.